The zero-order valence-electron chi connectivity index (χ0n) is 12.9. The molecule has 0 saturated carbocycles. The number of carbonyl (C=O) groups is 3. The Balaban J connectivity index is 1.94. The molecule has 7 heteroatoms. The Labute approximate surface area is 143 Å². The van der Waals surface area contributed by atoms with Crippen molar-refractivity contribution in [3.05, 3.63) is 33.8 Å². The number of likely N-dealkylation sites (N-methyl/N-ethyl adjacent to an activating group) is 1. The monoisotopic (exact) mass is 382 g/mol. The minimum Gasteiger partial charge on any atom is -0.395 e. The number of rotatable bonds is 7. The van der Waals surface area contributed by atoms with E-state index in [0.29, 0.717) is 30.6 Å². The number of imide groups is 1. The molecule has 6 nitrogen and oxygen atoms in total. The van der Waals surface area contributed by atoms with Gasteiger partial charge in [-0.1, -0.05) is 15.9 Å². The lowest BCUT2D eigenvalue weighted by atomic mass is 10.1. The van der Waals surface area contributed by atoms with E-state index in [4.69, 9.17) is 5.11 Å². The summed E-state index contributed by atoms with van der Waals surface area (Å²) >= 11 is 3.29. The van der Waals surface area contributed by atoms with Gasteiger partial charge in [0.05, 0.1) is 17.7 Å². The van der Waals surface area contributed by atoms with Gasteiger partial charge in [-0.3, -0.25) is 19.3 Å². The van der Waals surface area contributed by atoms with Crippen LogP contribution in [0.4, 0.5) is 0 Å². The predicted molar refractivity (Wildman–Crippen MR) is 88.1 cm³/mol. The van der Waals surface area contributed by atoms with Crippen LogP contribution in [-0.4, -0.2) is 58.9 Å². The SMILES string of the molecule is CCN(CCO)C(=O)CCCN1C(=O)c2ccc(Br)cc2C1=O. The van der Waals surface area contributed by atoms with Crippen LogP contribution in [0, 0.1) is 0 Å². The van der Waals surface area contributed by atoms with E-state index in [-0.39, 0.29) is 37.3 Å². The molecule has 0 radical (unpaired) electrons. The second-order valence-electron chi connectivity index (χ2n) is 5.25. The third-order valence-electron chi connectivity index (χ3n) is 3.81. The molecular formula is C16H19BrN2O4. The standard InChI is InChI=1S/C16H19BrN2O4/c1-2-18(8-9-20)14(21)4-3-7-19-15(22)12-6-5-11(17)10-13(12)16(19)23/h5-6,10,20H,2-4,7-9H2,1H3. The van der Waals surface area contributed by atoms with Gasteiger partial charge in [-0.25, -0.2) is 0 Å². The third kappa shape index (κ3) is 3.79. The van der Waals surface area contributed by atoms with Crippen LogP contribution >= 0.6 is 15.9 Å². The van der Waals surface area contributed by atoms with Crippen LogP contribution in [0.1, 0.15) is 40.5 Å². The van der Waals surface area contributed by atoms with Gasteiger partial charge < -0.3 is 10.0 Å². The number of amides is 3. The Morgan fingerprint density at radius 3 is 2.61 bits per heavy atom. The summed E-state index contributed by atoms with van der Waals surface area (Å²) in [5.41, 5.74) is 0.797. The van der Waals surface area contributed by atoms with Crippen LogP contribution in [0.5, 0.6) is 0 Å². The van der Waals surface area contributed by atoms with Crippen molar-refractivity contribution in [1.82, 2.24) is 9.80 Å². The summed E-state index contributed by atoms with van der Waals surface area (Å²) in [6, 6.07) is 5.00. The van der Waals surface area contributed by atoms with E-state index in [9.17, 15) is 14.4 Å². The quantitative estimate of drug-likeness (QED) is 0.727. The first kappa shape index (κ1) is 17.6. The highest BCUT2D eigenvalue weighted by Gasteiger charge is 2.35. The highest BCUT2D eigenvalue weighted by Crippen LogP contribution is 2.26. The molecule has 0 aliphatic carbocycles. The maximum absolute atomic E-state index is 12.3. The van der Waals surface area contributed by atoms with E-state index < -0.39 is 0 Å². The number of benzene rings is 1. The molecule has 3 amide bonds. The summed E-state index contributed by atoms with van der Waals surface area (Å²) in [4.78, 5) is 39.3. The normalized spacial score (nSPS) is 13.4. The molecule has 1 aromatic rings. The zero-order chi connectivity index (χ0) is 17.0. The summed E-state index contributed by atoms with van der Waals surface area (Å²) in [6.07, 6.45) is 0.651. The van der Waals surface area contributed by atoms with E-state index in [2.05, 4.69) is 15.9 Å². The average molecular weight is 383 g/mol. The van der Waals surface area contributed by atoms with Gasteiger partial charge in [0, 0.05) is 30.5 Å². The largest absolute Gasteiger partial charge is 0.395 e. The maximum Gasteiger partial charge on any atom is 0.261 e. The second-order valence-corrected chi connectivity index (χ2v) is 6.17. The lowest BCUT2D eigenvalue weighted by Crippen LogP contribution is -2.35. The molecule has 2 rings (SSSR count). The molecule has 124 valence electrons. The second kappa shape index (κ2) is 7.70. The smallest absolute Gasteiger partial charge is 0.261 e. The molecule has 0 atom stereocenters. The third-order valence-corrected chi connectivity index (χ3v) is 4.30. The molecule has 1 aromatic carbocycles. The van der Waals surface area contributed by atoms with Crippen LogP contribution in [0.3, 0.4) is 0 Å². The van der Waals surface area contributed by atoms with Crippen molar-refractivity contribution in [1.29, 1.82) is 0 Å². The number of aliphatic hydroxyl groups is 1. The van der Waals surface area contributed by atoms with Crippen molar-refractivity contribution < 1.29 is 19.5 Å². The highest BCUT2D eigenvalue weighted by atomic mass is 79.9. The number of halogens is 1. The van der Waals surface area contributed by atoms with Crippen molar-refractivity contribution in [3.8, 4) is 0 Å². The number of hydrogen-bond acceptors (Lipinski definition) is 4. The first-order valence-corrected chi connectivity index (χ1v) is 8.33. The van der Waals surface area contributed by atoms with Crippen molar-refractivity contribution in [2.75, 3.05) is 26.2 Å². The molecule has 0 fully saturated rings. The van der Waals surface area contributed by atoms with E-state index in [0.717, 1.165) is 4.47 Å². The summed E-state index contributed by atoms with van der Waals surface area (Å²) in [5, 5.41) is 8.91. The van der Waals surface area contributed by atoms with Crippen LogP contribution < -0.4 is 0 Å². The van der Waals surface area contributed by atoms with Gasteiger partial charge in [0.25, 0.3) is 11.8 Å². The van der Waals surface area contributed by atoms with Crippen LogP contribution in [0.2, 0.25) is 0 Å². The maximum atomic E-state index is 12.3. The zero-order valence-corrected chi connectivity index (χ0v) is 14.5. The first-order chi connectivity index (χ1) is 11.0. The summed E-state index contributed by atoms with van der Waals surface area (Å²) < 4.78 is 0.747. The molecule has 0 saturated heterocycles. The Hall–Kier alpha value is -1.73. The Morgan fingerprint density at radius 1 is 1.26 bits per heavy atom. The fourth-order valence-electron chi connectivity index (χ4n) is 2.59. The number of carbonyl (C=O) groups excluding carboxylic acids is 3. The first-order valence-electron chi connectivity index (χ1n) is 7.54. The Morgan fingerprint density at radius 2 is 1.96 bits per heavy atom. The van der Waals surface area contributed by atoms with Crippen molar-refractivity contribution in [2.24, 2.45) is 0 Å². The van der Waals surface area contributed by atoms with Gasteiger partial charge in [-0.15, -0.1) is 0 Å². The summed E-state index contributed by atoms with van der Waals surface area (Å²) in [5.74, 6) is -0.713. The van der Waals surface area contributed by atoms with E-state index in [1.54, 1.807) is 23.1 Å². The molecule has 23 heavy (non-hydrogen) atoms. The lowest BCUT2D eigenvalue weighted by Gasteiger charge is -2.20. The fraction of sp³-hybridized carbons (Fsp3) is 0.438. The van der Waals surface area contributed by atoms with Crippen molar-refractivity contribution in [3.63, 3.8) is 0 Å². The topological polar surface area (TPSA) is 77.9 Å². The minimum absolute atomic E-state index is 0.0765. The highest BCUT2D eigenvalue weighted by molar-refractivity contribution is 9.10. The number of nitrogens with zero attached hydrogens (tertiary/aromatic N) is 2. The van der Waals surface area contributed by atoms with E-state index in [1.165, 1.54) is 4.90 Å². The van der Waals surface area contributed by atoms with E-state index in [1.807, 2.05) is 6.92 Å². The molecule has 1 aliphatic heterocycles. The van der Waals surface area contributed by atoms with Gasteiger partial charge in [0.1, 0.15) is 0 Å². The van der Waals surface area contributed by atoms with Gasteiger partial charge in [-0.2, -0.15) is 0 Å². The number of fused-ring (bicyclic) bond motifs is 1. The van der Waals surface area contributed by atoms with Crippen molar-refractivity contribution >= 4 is 33.7 Å². The van der Waals surface area contributed by atoms with Crippen LogP contribution in [-0.2, 0) is 4.79 Å². The minimum atomic E-state index is -0.318. The predicted octanol–water partition coefficient (Wildman–Crippen LogP) is 1.67. The van der Waals surface area contributed by atoms with Crippen LogP contribution in [0.25, 0.3) is 0 Å². The molecule has 1 aliphatic rings. The van der Waals surface area contributed by atoms with Gasteiger partial charge in [0.15, 0.2) is 0 Å². The Bertz CT molecular complexity index is 633. The molecule has 1 N–H and O–H groups in total. The number of hydrogen-bond donors (Lipinski definition) is 1. The van der Waals surface area contributed by atoms with Crippen LogP contribution in [0.15, 0.2) is 22.7 Å². The molecule has 0 bridgehead atoms. The fourth-order valence-corrected chi connectivity index (χ4v) is 2.95. The average Bonchev–Trinajstić information content (AvgIpc) is 2.76. The molecule has 1 heterocycles. The van der Waals surface area contributed by atoms with Gasteiger partial charge >= 0.3 is 0 Å². The molecule has 0 aromatic heterocycles. The summed E-state index contributed by atoms with van der Waals surface area (Å²) in [6.45, 7) is 2.81. The molecule has 0 unspecified atom stereocenters. The van der Waals surface area contributed by atoms with Gasteiger partial charge in [0.2, 0.25) is 5.91 Å². The lowest BCUT2D eigenvalue weighted by molar-refractivity contribution is -0.131. The summed E-state index contributed by atoms with van der Waals surface area (Å²) in [7, 11) is 0. The molecular weight excluding hydrogens is 364 g/mol. The number of aliphatic hydroxyl groups excluding tert-OH is 1. The molecule has 0 spiro atoms. The van der Waals surface area contributed by atoms with E-state index >= 15 is 0 Å². The Kier molecular flexibility index (Phi) is 5.90. The van der Waals surface area contributed by atoms with Gasteiger partial charge in [-0.05, 0) is 31.5 Å². The van der Waals surface area contributed by atoms with Crippen molar-refractivity contribution in [2.45, 2.75) is 19.8 Å².